The van der Waals surface area contributed by atoms with Gasteiger partial charge in [-0.05, 0) is 43.0 Å². The van der Waals surface area contributed by atoms with Crippen LogP contribution in [0.3, 0.4) is 0 Å². The van der Waals surface area contributed by atoms with Crippen molar-refractivity contribution >= 4 is 28.0 Å². The van der Waals surface area contributed by atoms with Crippen LogP contribution in [0.5, 0.6) is 0 Å². The fourth-order valence-corrected chi connectivity index (χ4v) is 4.71. The zero-order valence-corrected chi connectivity index (χ0v) is 28.9. The van der Waals surface area contributed by atoms with E-state index in [4.69, 9.17) is 9.47 Å². The van der Waals surface area contributed by atoms with Crippen LogP contribution < -0.4 is 4.31 Å². The summed E-state index contributed by atoms with van der Waals surface area (Å²) in [5.41, 5.74) is 1.55. The largest absolute Gasteiger partial charge is 0.463 e. The van der Waals surface area contributed by atoms with Gasteiger partial charge in [0, 0.05) is 44.2 Å². The number of aliphatic hydroxyl groups is 2. The van der Waals surface area contributed by atoms with E-state index in [-0.39, 0.29) is 50.2 Å². The fourth-order valence-electron chi connectivity index (χ4n) is 4.33. The SMILES string of the molecule is CC(C)c1nc(N(C)S(C)(=O)=O)nc(-c2ccc(F)cc2)c1/C=C/[C@@H](O)C[C@@H](O)CC(=O)OCC(CCOCCCCO[N+](=O)[O-])O[N+](=O)[O-]. The van der Waals surface area contributed by atoms with Crippen LogP contribution in [-0.4, -0.2) is 103 Å². The number of hydrogen-bond acceptors (Lipinski definition) is 15. The molecule has 2 aromatic rings. The van der Waals surface area contributed by atoms with Crippen LogP contribution in [0.2, 0.25) is 0 Å². The predicted molar refractivity (Wildman–Crippen MR) is 175 cm³/mol. The number of aromatic nitrogens is 2. The number of anilines is 1. The summed E-state index contributed by atoms with van der Waals surface area (Å²) < 4.78 is 49.5. The molecule has 1 aromatic heterocycles. The summed E-state index contributed by atoms with van der Waals surface area (Å²) in [4.78, 5) is 50.9. The molecule has 0 aliphatic rings. The maximum Gasteiger partial charge on any atom is 0.308 e. The lowest BCUT2D eigenvalue weighted by atomic mass is 9.97. The summed E-state index contributed by atoms with van der Waals surface area (Å²) in [5.74, 6) is -1.77. The number of aliphatic hydroxyl groups excluding tert-OH is 2. The van der Waals surface area contributed by atoms with Gasteiger partial charge in [-0.25, -0.2) is 27.1 Å². The van der Waals surface area contributed by atoms with Crippen LogP contribution in [0.15, 0.2) is 30.3 Å². The molecule has 50 heavy (non-hydrogen) atoms. The molecular weight excluding hydrogens is 689 g/mol. The minimum absolute atomic E-state index is 0.0108. The van der Waals surface area contributed by atoms with Crippen molar-refractivity contribution in [3.63, 3.8) is 0 Å². The number of nitrogens with zero attached hydrogens (tertiary/aromatic N) is 5. The molecule has 3 atom stereocenters. The van der Waals surface area contributed by atoms with E-state index in [9.17, 15) is 48.0 Å². The summed E-state index contributed by atoms with van der Waals surface area (Å²) in [6.45, 7) is 3.26. The normalized spacial score (nSPS) is 13.5. The van der Waals surface area contributed by atoms with E-state index in [1.807, 2.05) is 13.8 Å². The van der Waals surface area contributed by atoms with E-state index in [0.29, 0.717) is 29.7 Å². The molecule has 18 nitrogen and oxygen atoms in total. The average Bonchev–Trinajstić information content (AvgIpc) is 3.02. The summed E-state index contributed by atoms with van der Waals surface area (Å²) in [6.07, 6.45) is -0.0505. The van der Waals surface area contributed by atoms with Crippen molar-refractivity contribution in [2.24, 2.45) is 0 Å². The number of carbonyl (C=O) groups excluding carboxylic acids is 1. The molecule has 1 heterocycles. The van der Waals surface area contributed by atoms with Gasteiger partial charge in [0.05, 0.1) is 42.9 Å². The molecule has 0 saturated heterocycles. The Kier molecular flexibility index (Phi) is 16.8. The van der Waals surface area contributed by atoms with Crippen molar-refractivity contribution in [1.29, 1.82) is 0 Å². The van der Waals surface area contributed by atoms with Gasteiger partial charge in [-0.15, -0.1) is 20.2 Å². The average molecular weight is 732 g/mol. The van der Waals surface area contributed by atoms with Gasteiger partial charge in [-0.3, -0.25) is 4.79 Å². The molecule has 0 spiro atoms. The lowest BCUT2D eigenvalue weighted by molar-refractivity contribution is -0.769. The number of benzene rings is 1. The first-order chi connectivity index (χ1) is 23.5. The Morgan fingerprint density at radius 1 is 1.06 bits per heavy atom. The van der Waals surface area contributed by atoms with Gasteiger partial charge in [0.1, 0.15) is 18.5 Å². The van der Waals surface area contributed by atoms with Gasteiger partial charge in [0.15, 0.2) is 0 Å². The Labute approximate surface area is 288 Å². The lowest BCUT2D eigenvalue weighted by Crippen LogP contribution is -2.28. The van der Waals surface area contributed by atoms with Crippen LogP contribution in [0.25, 0.3) is 17.3 Å². The van der Waals surface area contributed by atoms with E-state index in [1.165, 1.54) is 43.5 Å². The van der Waals surface area contributed by atoms with Gasteiger partial charge >= 0.3 is 5.97 Å². The molecule has 0 amide bonds. The smallest absolute Gasteiger partial charge is 0.308 e. The van der Waals surface area contributed by atoms with Gasteiger partial charge in [-0.2, -0.15) is 0 Å². The molecule has 1 aromatic carbocycles. The Hall–Kier alpha value is -4.53. The lowest BCUT2D eigenvalue weighted by Gasteiger charge is -2.20. The molecule has 0 aliphatic carbocycles. The molecule has 0 bridgehead atoms. The zero-order valence-electron chi connectivity index (χ0n) is 28.0. The Bertz CT molecular complexity index is 1560. The first kappa shape index (κ1) is 41.6. The van der Waals surface area contributed by atoms with Gasteiger partial charge in [0.2, 0.25) is 16.0 Å². The molecule has 0 aliphatic heterocycles. The molecule has 0 saturated carbocycles. The number of sulfonamides is 1. The number of ether oxygens (including phenoxy) is 2. The molecule has 0 radical (unpaired) electrons. The standard InChI is InChI=1S/C30H42FN5O13S/c1-20(2)28-26(29(21-7-9-22(31)10-8-21)33-30(32-28)34(3)50(4,44)45)12-11-23(37)17-24(38)18-27(39)47-19-25(49-36(42)43)13-16-46-14-5-6-15-48-35(40)41/h7-12,20,23-25,37-38H,5-6,13-19H2,1-4H3/b12-11+/t23-,24-,25?/m1/s1. The second kappa shape index (κ2) is 20.2. The Morgan fingerprint density at radius 3 is 2.32 bits per heavy atom. The topological polar surface area (TPSA) is 244 Å². The molecule has 2 N–H and O–H groups in total. The third-order valence-electron chi connectivity index (χ3n) is 6.94. The third kappa shape index (κ3) is 14.9. The minimum Gasteiger partial charge on any atom is -0.463 e. The monoisotopic (exact) mass is 731 g/mol. The van der Waals surface area contributed by atoms with Gasteiger partial charge in [0.25, 0.3) is 10.2 Å². The molecule has 278 valence electrons. The van der Waals surface area contributed by atoms with E-state index in [1.54, 1.807) is 0 Å². The maximum absolute atomic E-state index is 13.7. The summed E-state index contributed by atoms with van der Waals surface area (Å²) in [5, 5.41) is 40.1. The number of carbonyl (C=O) groups is 1. The third-order valence-corrected chi connectivity index (χ3v) is 8.10. The van der Waals surface area contributed by atoms with Crippen LogP contribution in [0.4, 0.5) is 10.3 Å². The second-order valence-corrected chi connectivity index (χ2v) is 13.4. The second-order valence-electron chi connectivity index (χ2n) is 11.4. The first-order valence-corrected chi connectivity index (χ1v) is 17.3. The van der Waals surface area contributed by atoms with Crippen LogP contribution in [-0.2, 0) is 34.0 Å². The Balaban J connectivity index is 2.05. The maximum atomic E-state index is 13.7. The van der Waals surface area contributed by atoms with Crippen molar-refractivity contribution in [1.82, 2.24) is 9.97 Å². The number of hydrogen-bond donors (Lipinski definition) is 2. The van der Waals surface area contributed by atoms with Crippen molar-refractivity contribution in [3.05, 3.63) is 67.6 Å². The number of halogens is 1. The highest BCUT2D eigenvalue weighted by molar-refractivity contribution is 7.92. The van der Waals surface area contributed by atoms with Crippen molar-refractivity contribution in [2.45, 2.75) is 70.2 Å². The predicted octanol–water partition coefficient (Wildman–Crippen LogP) is 2.83. The highest BCUT2D eigenvalue weighted by atomic mass is 32.2. The van der Waals surface area contributed by atoms with E-state index < -0.39 is 63.3 Å². The molecule has 20 heteroatoms. The summed E-state index contributed by atoms with van der Waals surface area (Å²) >= 11 is 0. The molecule has 2 rings (SSSR count). The minimum atomic E-state index is -3.73. The highest BCUT2D eigenvalue weighted by Crippen LogP contribution is 2.31. The first-order valence-electron chi connectivity index (χ1n) is 15.5. The van der Waals surface area contributed by atoms with Crippen molar-refractivity contribution in [2.75, 3.05) is 44.0 Å². The van der Waals surface area contributed by atoms with Crippen molar-refractivity contribution in [3.8, 4) is 11.3 Å². The van der Waals surface area contributed by atoms with Crippen LogP contribution >= 0.6 is 0 Å². The molecular formula is C30H42FN5O13S. The highest BCUT2D eigenvalue weighted by Gasteiger charge is 2.23. The molecule has 0 fully saturated rings. The van der Waals surface area contributed by atoms with E-state index >= 15 is 0 Å². The zero-order chi connectivity index (χ0) is 37.4. The van der Waals surface area contributed by atoms with E-state index in [2.05, 4.69) is 19.6 Å². The number of rotatable bonds is 23. The Morgan fingerprint density at radius 2 is 1.72 bits per heavy atom. The van der Waals surface area contributed by atoms with E-state index in [0.717, 1.165) is 10.6 Å². The van der Waals surface area contributed by atoms with Gasteiger partial charge in [-0.1, -0.05) is 26.0 Å². The number of unbranched alkanes of at least 4 members (excludes halogenated alkanes) is 1. The van der Waals surface area contributed by atoms with Crippen LogP contribution in [0.1, 0.15) is 63.1 Å². The number of esters is 1. The van der Waals surface area contributed by atoms with Gasteiger partial charge < -0.3 is 29.4 Å². The van der Waals surface area contributed by atoms with Crippen molar-refractivity contribution < 1.29 is 57.1 Å². The summed E-state index contributed by atoms with van der Waals surface area (Å²) in [6, 6.07) is 5.36. The molecule has 1 unspecified atom stereocenters. The quantitative estimate of drug-likeness (QED) is 0.0722. The summed E-state index contributed by atoms with van der Waals surface area (Å²) in [7, 11) is -2.43. The van der Waals surface area contributed by atoms with Crippen LogP contribution in [0, 0.1) is 26.0 Å². The fraction of sp³-hybridized carbons (Fsp3) is 0.567.